The van der Waals surface area contributed by atoms with Gasteiger partial charge in [-0.3, -0.25) is 4.79 Å². The van der Waals surface area contributed by atoms with E-state index in [4.69, 9.17) is 9.88 Å². The molecule has 1 aromatic carbocycles. The van der Waals surface area contributed by atoms with Gasteiger partial charge in [0.05, 0.1) is 11.0 Å². The molecule has 0 bridgehead atoms. The third-order valence-corrected chi connectivity index (χ3v) is 5.32. The monoisotopic (exact) mass is 354 g/mol. The number of carbonyl (C=O) groups excluding carboxylic acids is 1. The zero-order chi connectivity index (χ0) is 17.6. The number of carbonyl (C=O) groups is 1. The second-order valence-electron chi connectivity index (χ2n) is 6.27. The normalized spacial score (nSPS) is 16.1. The highest BCUT2D eigenvalue weighted by atomic mass is 32.2. The molecule has 7 heteroatoms. The van der Waals surface area contributed by atoms with Crippen molar-refractivity contribution in [1.82, 2.24) is 5.32 Å². The number of ether oxygens (including phenoxy) is 1. The third kappa shape index (κ3) is 5.58. The molecular formula is C17H26N2O4S. The van der Waals surface area contributed by atoms with E-state index in [9.17, 15) is 13.2 Å². The van der Waals surface area contributed by atoms with Crippen molar-refractivity contribution in [3.63, 3.8) is 0 Å². The Morgan fingerprint density at radius 1 is 1.29 bits per heavy atom. The molecule has 1 aliphatic rings. The van der Waals surface area contributed by atoms with Crippen molar-refractivity contribution < 1.29 is 17.9 Å². The van der Waals surface area contributed by atoms with Crippen LogP contribution in [0.4, 0.5) is 0 Å². The Hall–Kier alpha value is -1.44. The second kappa shape index (κ2) is 8.60. The lowest BCUT2D eigenvalue weighted by atomic mass is 9.98. The van der Waals surface area contributed by atoms with Gasteiger partial charge in [0.2, 0.25) is 10.0 Å². The van der Waals surface area contributed by atoms with Gasteiger partial charge in [-0.15, -0.1) is 0 Å². The molecule has 1 aliphatic carbocycles. The molecule has 0 aromatic heterocycles. The minimum atomic E-state index is -3.83. The van der Waals surface area contributed by atoms with Crippen molar-refractivity contribution in [1.29, 1.82) is 0 Å². The highest BCUT2D eigenvalue weighted by Gasteiger charge is 2.15. The van der Waals surface area contributed by atoms with Crippen LogP contribution in [0.3, 0.4) is 0 Å². The molecule has 1 fully saturated rings. The summed E-state index contributed by atoms with van der Waals surface area (Å²) < 4.78 is 28.8. The molecule has 1 amide bonds. The van der Waals surface area contributed by atoms with Gasteiger partial charge in [0.15, 0.2) is 0 Å². The number of primary sulfonamides is 1. The molecule has 0 radical (unpaired) electrons. The van der Waals surface area contributed by atoms with Crippen molar-refractivity contribution in [3.8, 4) is 0 Å². The smallest absolute Gasteiger partial charge is 0.251 e. The summed E-state index contributed by atoms with van der Waals surface area (Å²) in [5.74, 6) is -0.308. The molecule has 0 aliphatic heterocycles. The molecule has 134 valence electrons. The van der Waals surface area contributed by atoms with E-state index < -0.39 is 10.0 Å². The van der Waals surface area contributed by atoms with Crippen molar-refractivity contribution in [3.05, 3.63) is 29.3 Å². The fraction of sp³-hybridized carbons (Fsp3) is 0.588. The van der Waals surface area contributed by atoms with Crippen LogP contribution in [0.25, 0.3) is 0 Å². The van der Waals surface area contributed by atoms with Crippen molar-refractivity contribution in [2.45, 2.75) is 56.4 Å². The summed E-state index contributed by atoms with van der Waals surface area (Å²) >= 11 is 0. The number of hydrogen-bond acceptors (Lipinski definition) is 4. The number of benzene rings is 1. The Balaban J connectivity index is 1.78. The molecule has 6 nitrogen and oxygen atoms in total. The van der Waals surface area contributed by atoms with Gasteiger partial charge >= 0.3 is 0 Å². The zero-order valence-corrected chi connectivity index (χ0v) is 14.9. The Labute approximate surface area is 143 Å². The first-order chi connectivity index (χ1) is 11.4. The predicted octanol–water partition coefficient (Wildman–Crippen LogP) is 2.11. The Bertz CT molecular complexity index is 667. The average molecular weight is 354 g/mol. The lowest BCUT2D eigenvalue weighted by molar-refractivity contribution is 0.0273. The Kier molecular flexibility index (Phi) is 6.77. The van der Waals surface area contributed by atoms with E-state index in [1.807, 2.05) is 0 Å². The molecule has 1 saturated carbocycles. The topological polar surface area (TPSA) is 98.5 Å². The average Bonchev–Trinajstić information content (AvgIpc) is 2.54. The van der Waals surface area contributed by atoms with Gasteiger partial charge < -0.3 is 10.1 Å². The number of nitrogens with two attached hydrogens (primary N) is 1. The molecule has 0 saturated heterocycles. The van der Waals surface area contributed by atoms with E-state index in [0.717, 1.165) is 19.3 Å². The zero-order valence-electron chi connectivity index (χ0n) is 14.1. The molecule has 3 N–H and O–H groups in total. The van der Waals surface area contributed by atoms with E-state index in [-0.39, 0.29) is 16.4 Å². The number of rotatable bonds is 7. The molecule has 0 heterocycles. The van der Waals surface area contributed by atoms with Gasteiger partial charge in [0.25, 0.3) is 5.91 Å². The van der Waals surface area contributed by atoms with Crippen molar-refractivity contribution in [2.24, 2.45) is 5.14 Å². The largest absolute Gasteiger partial charge is 0.378 e. The molecular weight excluding hydrogens is 328 g/mol. The molecule has 2 rings (SSSR count). The summed E-state index contributed by atoms with van der Waals surface area (Å²) in [6.07, 6.45) is 7.13. The number of nitrogens with one attached hydrogen (secondary N) is 1. The van der Waals surface area contributed by atoms with Gasteiger partial charge in [-0.1, -0.05) is 25.3 Å². The first-order valence-corrected chi connectivity index (χ1v) is 9.96. The molecule has 0 spiro atoms. The van der Waals surface area contributed by atoms with Crippen LogP contribution >= 0.6 is 0 Å². The lowest BCUT2D eigenvalue weighted by Gasteiger charge is -2.21. The minimum absolute atomic E-state index is 0.0178. The highest BCUT2D eigenvalue weighted by molar-refractivity contribution is 7.89. The van der Waals surface area contributed by atoms with Gasteiger partial charge in [0, 0.05) is 18.7 Å². The lowest BCUT2D eigenvalue weighted by Crippen LogP contribution is -2.26. The standard InChI is InChI=1S/C17H26N2O4S/c1-13-8-9-14(12-16(13)24(18,21)22)17(20)19-10-5-11-23-15-6-3-2-4-7-15/h8-9,12,15H,2-7,10-11H2,1H3,(H,19,20)(H2,18,21,22). The number of aryl methyl sites for hydroxylation is 1. The van der Waals surface area contributed by atoms with E-state index in [2.05, 4.69) is 5.32 Å². The fourth-order valence-electron chi connectivity index (χ4n) is 2.91. The predicted molar refractivity (Wildman–Crippen MR) is 92.3 cm³/mol. The maximum absolute atomic E-state index is 12.1. The van der Waals surface area contributed by atoms with Crippen LogP contribution in [0.1, 0.15) is 54.4 Å². The quantitative estimate of drug-likeness (QED) is 0.733. The fourth-order valence-corrected chi connectivity index (χ4v) is 3.71. The maximum Gasteiger partial charge on any atom is 0.251 e. The SMILES string of the molecule is Cc1ccc(C(=O)NCCCOC2CCCCC2)cc1S(N)(=O)=O. The summed E-state index contributed by atoms with van der Waals surface area (Å²) in [6, 6.07) is 4.50. The maximum atomic E-state index is 12.1. The van der Waals surface area contributed by atoms with Gasteiger partial charge in [-0.05, 0) is 43.9 Å². The summed E-state index contributed by atoms with van der Waals surface area (Å²) in [4.78, 5) is 12.1. The van der Waals surface area contributed by atoms with Crippen LogP contribution in [-0.4, -0.2) is 33.6 Å². The third-order valence-electron chi connectivity index (χ3n) is 4.27. The summed E-state index contributed by atoms with van der Waals surface area (Å²) in [6.45, 7) is 2.76. The summed E-state index contributed by atoms with van der Waals surface area (Å²) in [5.41, 5.74) is 0.813. The van der Waals surface area contributed by atoms with Crippen LogP contribution in [0.5, 0.6) is 0 Å². The van der Waals surface area contributed by atoms with Crippen LogP contribution in [0, 0.1) is 6.92 Å². The molecule has 1 aromatic rings. The Morgan fingerprint density at radius 2 is 2.00 bits per heavy atom. The number of hydrogen-bond donors (Lipinski definition) is 2. The molecule has 0 atom stereocenters. The minimum Gasteiger partial charge on any atom is -0.378 e. The van der Waals surface area contributed by atoms with Gasteiger partial charge in [-0.2, -0.15) is 0 Å². The van der Waals surface area contributed by atoms with E-state index in [1.54, 1.807) is 19.1 Å². The van der Waals surface area contributed by atoms with Crippen molar-refractivity contribution in [2.75, 3.05) is 13.2 Å². The summed E-state index contributed by atoms with van der Waals surface area (Å²) in [7, 11) is -3.83. The van der Waals surface area contributed by atoms with Crippen LogP contribution < -0.4 is 10.5 Å². The van der Waals surface area contributed by atoms with Crippen LogP contribution in [0.2, 0.25) is 0 Å². The number of sulfonamides is 1. The van der Waals surface area contributed by atoms with Crippen LogP contribution in [0.15, 0.2) is 23.1 Å². The van der Waals surface area contributed by atoms with E-state index in [0.29, 0.717) is 24.8 Å². The van der Waals surface area contributed by atoms with Crippen molar-refractivity contribution >= 4 is 15.9 Å². The first-order valence-electron chi connectivity index (χ1n) is 8.41. The second-order valence-corrected chi connectivity index (χ2v) is 7.80. The number of amides is 1. The first kappa shape index (κ1) is 18.9. The summed E-state index contributed by atoms with van der Waals surface area (Å²) in [5, 5.41) is 7.94. The van der Waals surface area contributed by atoms with E-state index in [1.165, 1.54) is 25.3 Å². The van der Waals surface area contributed by atoms with Gasteiger partial charge in [-0.25, -0.2) is 13.6 Å². The molecule has 24 heavy (non-hydrogen) atoms. The van der Waals surface area contributed by atoms with Gasteiger partial charge in [0.1, 0.15) is 0 Å². The van der Waals surface area contributed by atoms with E-state index >= 15 is 0 Å². The van der Waals surface area contributed by atoms with Crippen LogP contribution in [-0.2, 0) is 14.8 Å². The molecule has 0 unspecified atom stereocenters. The Morgan fingerprint density at radius 3 is 2.67 bits per heavy atom. The highest BCUT2D eigenvalue weighted by Crippen LogP contribution is 2.20.